The van der Waals surface area contributed by atoms with Crippen LogP contribution in [0.25, 0.3) is 11.4 Å². The van der Waals surface area contributed by atoms with Crippen LogP contribution >= 0.6 is 23.4 Å². The van der Waals surface area contributed by atoms with Gasteiger partial charge < -0.3 is 9.84 Å². The first-order valence-electron chi connectivity index (χ1n) is 8.75. The van der Waals surface area contributed by atoms with E-state index in [9.17, 15) is 13.2 Å². The molecular weight excluding hydrogens is 448 g/mol. The van der Waals surface area contributed by atoms with Gasteiger partial charge in [-0.05, 0) is 42.7 Å². The molecule has 1 heterocycles. The van der Waals surface area contributed by atoms with E-state index < -0.39 is 15.9 Å². The van der Waals surface area contributed by atoms with Crippen molar-refractivity contribution in [3.05, 3.63) is 59.4 Å². The molecule has 0 atom stereocenters. The van der Waals surface area contributed by atoms with Crippen molar-refractivity contribution in [3.63, 3.8) is 0 Å². The molecular formula is C19H19ClN4O4S2. The zero-order valence-corrected chi connectivity index (χ0v) is 18.6. The molecule has 3 aromatic rings. The highest BCUT2D eigenvalue weighted by Crippen LogP contribution is 2.21. The Labute approximate surface area is 183 Å². The van der Waals surface area contributed by atoms with Crippen LogP contribution in [-0.2, 0) is 21.4 Å². The van der Waals surface area contributed by atoms with E-state index in [2.05, 4.69) is 15.5 Å². The van der Waals surface area contributed by atoms with Crippen molar-refractivity contribution in [1.82, 2.24) is 19.8 Å². The minimum absolute atomic E-state index is 0.0251. The Balaban J connectivity index is 1.57. The molecule has 0 aliphatic carbocycles. The van der Waals surface area contributed by atoms with Crippen molar-refractivity contribution in [2.24, 2.45) is 0 Å². The number of amides is 1. The highest BCUT2D eigenvalue weighted by atomic mass is 35.5. The van der Waals surface area contributed by atoms with Crippen molar-refractivity contribution in [3.8, 4) is 11.4 Å². The molecule has 0 saturated heterocycles. The molecule has 8 nitrogen and oxygen atoms in total. The number of benzene rings is 2. The number of sulfonamides is 1. The van der Waals surface area contributed by atoms with Crippen molar-refractivity contribution < 1.29 is 17.7 Å². The average molecular weight is 467 g/mol. The largest absolute Gasteiger partial charge is 0.346 e. The Hall–Kier alpha value is -2.40. The number of aromatic nitrogens is 2. The van der Waals surface area contributed by atoms with Gasteiger partial charge in [-0.1, -0.05) is 28.9 Å². The Morgan fingerprint density at radius 2 is 1.97 bits per heavy atom. The molecule has 0 bridgehead atoms. The lowest BCUT2D eigenvalue weighted by Gasteiger charge is -2.16. The maximum atomic E-state index is 12.6. The van der Waals surface area contributed by atoms with Gasteiger partial charge in [0.25, 0.3) is 0 Å². The Morgan fingerprint density at radius 1 is 1.23 bits per heavy atom. The van der Waals surface area contributed by atoms with E-state index in [1.807, 2.05) is 6.26 Å². The normalized spacial score (nSPS) is 11.6. The summed E-state index contributed by atoms with van der Waals surface area (Å²) in [6.45, 7) is -0.370. The summed E-state index contributed by atoms with van der Waals surface area (Å²) in [5.74, 6) is 0.0379. The van der Waals surface area contributed by atoms with Gasteiger partial charge in [0.2, 0.25) is 27.6 Å². The second kappa shape index (κ2) is 9.61. The van der Waals surface area contributed by atoms with E-state index in [4.69, 9.17) is 16.1 Å². The minimum atomic E-state index is -3.78. The van der Waals surface area contributed by atoms with E-state index in [1.165, 1.54) is 30.9 Å². The summed E-state index contributed by atoms with van der Waals surface area (Å²) in [6.07, 6.45) is 1.90. The summed E-state index contributed by atoms with van der Waals surface area (Å²) in [6, 6.07) is 13.5. The molecule has 0 unspecified atom stereocenters. The third kappa shape index (κ3) is 5.39. The number of carbonyl (C=O) groups excluding carboxylic acids is 1. The monoisotopic (exact) mass is 466 g/mol. The quantitative estimate of drug-likeness (QED) is 0.508. The number of nitrogens with one attached hydrogen (secondary N) is 1. The van der Waals surface area contributed by atoms with Crippen molar-refractivity contribution in [2.75, 3.05) is 19.8 Å². The topological polar surface area (TPSA) is 105 Å². The van der Waals surface area contributed by atoms with Gasteiger partial charge >= 0.3 is 0 Å². The van der Waals surface area contributed by atoms with E-state index in [0.29, 0.717) is 16.4 Å². The summed E-state index contributed by atoms with van der Waals surface area (Å²) in [4.78, 5) is 17.5. The predicted octanol–water partition coefficient (Wildman–Crippen LogP) is 3.05. The number of hydrogen-bond donors (Lipinski definition) is 1. The standard InChI is InChI=1S/C19H19ClN4O4S2/c1-24(30(26,27)16-8-6-15(29-2)7-9-16)12-17(25)21-11-18-22-19(23-28-18)13-4-3-5-14(20)10-13/h3-10H,11-12H2,1-2H3,(H,21,25). The van der Waals surface area contributed by atoms with Gasteiger partial charge in [-0.3, -0.25) is 4.79 Å². The van der Waals surface area contributed by atoms with Crippen LogP contribution in [0.5, 0.6) is 0 Å². The van der Waals surface area contributed by atoms with Gasteiger partial charge in [0.05, 0.1) is 18.0 Å². The smallest absolute Gasteiger partial charge is 0.246 e. The van der Waals surface area contributed by atoms with Crippen LogP contribution in [0.3, 0.4) is 0 Å². The molecule has 2 aromatic carbocycles. The fourth-order valence-electron chi connectivity index (χ4n) is 2.52. The highest BCUT2D eigenvalue weighted by Gasteiger charge is 2.23. The van der Waals surface area contributed by atoms with Gasteiger partial charge in [0.1, 0.15) is 0 Å². The van der Waals surface area contributed by atoms with E-state index in [-0.39, 0.29) is 23.9 Å². The first-order chi connectivity index (χ1) is 14.3. The van der Waals surface area contributed by atoms with Gasteiger partial charge in [-0.25, -0.2) is 8.42 Å². The Kier molecular flexibility index (Phi) is 7.14. The van der Waals surface area contributed by atoms with Gasteiger partial charge in [-0.15, -0.1) is 11.8 Å². The van der Waals surface area contributed by atoms with Crippen LogP contribution in [0.1, 0.15) is 5.89 Å². The highest BCUT2D eigenvalue weighted by molar-refractivity contribution is 7.98. The number of likely N-dealkylation sites (N-methyl/N-ethyl adjacent to an activating group) is 1. The van der Waals surface area contributed by atoms with Crippen LogP contribution in [0.4, 0.5) is 0 Å². The molecule has 0 aliphatic rings. The maximum absolute atomic E-state index is 12.6. The lowest BCUT2D eigenvalue weighted by Crippen LogP contribution is -2.38. The molecule has 11 heteroatoms. The predicted molar refractivity (Wildman–Crippen MR) is 115 cm³/mol. The van der Waals surface area contributed by atoms with Crippen molar-refractivity contribution >= 4 is 39.3 Å². The first kappa shape index (κ1) is 22.3. The molecule has 30 heavy (non-hydrogen) atoms. The molecule has 1 aromatic heterocycles. The van der Waals surface area contributed by atoms with Crippen LogP contribution < -0.4 is 5.32 Å². The molecule has 0 aliphatic heterocycles. The zero-order valence-electron chi connectivity index (χ0n) is 16.2. The number of nitrogens with zero attached hydrogens (tertiary/aromatic N) is 3. The Morgan fingerprint density at radius 3 is 2.63 bits per heavy atom. The third-order valence-electron chi connectivity index (χ3n) is 4.12. The zero-order chi connectivity index (χ0) is 21.7. The van der Waals surface area contributed by atoms with E-state index in [1.54, 1.807) is 36.4 Å². The van der Waals surface area contributed by atoms with Crippen molar-refractivity contribution in [2.45, 2.75) is 16.3 Å². The van der Waals surface area contributed by atoms with Crippen molar-refractivity contribution in [1.29, 1.82) is 0 Å². The van der Waals surface area contributed by atoms with Gasteiger partial charge in [-0.2, -0.15) is 9.29 Å². The van der Waals surface area contributed by atoms with Gasteiger partial charge in [0.15, 0.2) is 0 Å². The second-order valence-electron chi connectivity index (χ2n) is 6.24. The molecule has 0 fully saturated rings. The number of thioether (sulfide) groups is 1. The molecule has 1 N–H and O–H groups in total. The third-order valence-corrected chi connectivity index (χ3v) is 6.92. The average Bonchev–Trinajstić information content (AvgIpc) is 3.21. The number of carbonyl (C=O) groups is 1. The molecule has 0 spiro atoms. The van der Waals surface area contributed by atoms with Crippen LogP contribution in [0.15, 0.2) is 62.8 Å². The molecule has 0 saturated carbocycles. The number of halogens is 1. The lowest BCUT2D eigenvalue weighted by atomic mass is 10.2. The fraction of sp³-hybridized carbons (Fsp3) is 0.211. The first-order valence-corrected chi connectivity index (χ1v) is 11.8. The summed E-state index contributed by atoms with van der Waals surface area (Å²) in [5.41, 5.74) is 0.683. The summed E-state index contributed by atoms with van der Waals surface area (Å²) < 4.78 is 31.3. The van der Waals surface area contributed by atoms with Gasteiger partial charge in [0, 0.05) is 22.5 Å². The number of rotatable bonds is 8. The van der Waals surface area contributed by atoms with Crippen LogP contribution in [0.2, 0.25) is 5.02 Å². The van der Waals surface area contributed by atoms with Crippen LogP contribution in [-0.4, -0.2) is 48.6 Å². The minimum Gasteiger partial charge on any atom is -0.346 e. The molecule has 1 amide bonds. The lowest BCUT2D eigenvalue weighted by molar-refractivity contribution is -0.121. The SMILES string of the molecule is CSc1ccc(S(=O)(=O)N(C)CC(=O)NCc2nc(-c3cccc(Cl)c3)no2)cc1. The van der Waals surface area contributed by atoms with E-state index in [0.717, 1.165) is 9.20 Å². The molecule has 0 radical (unpaired) electrons. The summed E-state index contributed by atoms with van der Waals surface area (Å²) in [5, 5.41) is 6.97. The molecule has 158 valence electrons. The van der Waals surface area contributed by atoms with Crippen LogP contribution in [0, 0.1) is 0 Å². The fourth-order valence-corrected chi connectivity index (χ4v) is 4.24. The van der Waals surface area contributed by atoms with E-state index >= 15 is 0 Å². The summed E-state index contributed by atoms with van der Waals surface area (Å²) >= 11 is 7.46. The summed E-state index contributed by atoms with van der Waals surface area (Å²) in [7, 11) is -2.43. The second-order valence-corrected chi connectivity index (χ2v) is 9.60. The number of hydrogen-bond acceptors (Lipinski definition) is 7. The maximum Gasteiger partial charge on any atom is 0.246 e. The Bertz CT molecular complexity index is 1130. The molecule has 3 rings (SSSR count).